The van der Waals surface area contributed by atoms with Gasteiger partial charge in [-0.3, -0.25) is 4.79 Å². The summed E-state index contributed by atoms with van der Waals surface area (Å²) in [5.41, 5.74) is 0. The van der Waals surface area contributed by atoms with E-state index in [1.807, 2.05) is 0 Å². The molecule has 9 unspecified atom stereocenters. The lowest BCUT2D eigenvalue weighted by Crippen LogP contribution is -2.60. The van der Waals surface area contributed by atoms with Crippen LogP contribution in [-0.4, -0.2) is 110 Å². The van der Waals surface area contributed by atoms with Gasteiger partial charge in [-0.15, -0.1) is 0 Å². The molecule has 8 N–H and O–H groups in total. The summed E-state index contributed by atoms with van der Waals surface area (Å²) in [6.45, 7) is 3.44. The lowest BCUT2D eigenvalue weighted by Gasteiger charge is -2.40. The fourth-order valence-electron chi connectivity index (χ4n) is 8.47. The summed E-state index contributed by atoms with van der Waals surface area (Å²) in [4.78, 5) is 13.1. The highest BCUT2D eigenvalue weighted by Crippen LogP contribution is 2.23. The second-order valence-electron chi connectivity index (χ2n) is 18.9. The Bertz CT molecular complexity index is 1150. The van der Waals surface area contributed by atoms with E-state index in [1.165, 1.54) is 141 Å². The number of rotatable bonds is 45. The number of hydrogen-bond donors (Lipinski definition) is 8. The number of aliphatic hydroxyl groups excluding tert-OH is 7. The van der Waals surface area contributed by atoms with Crippen molar-refractivity contribution in [3.05, 3.63) is 36.5 Å². The van der Waals surface area contributed by atoms with Crippen LogP contribution in [0.3, 0.4) is 0 Å². The van der Waals surface area contributed by atoms with Crippen molar-refractivity contribution in [2.24, 2.45) is 0 Å². The minimum absolute atomic E-state index is 0.242. The van der Waals surface area contributed by atoms with E-state index in [-0.39, 0.29) is 12.8 Å². The number of carbonyl (C=O) groups is 1. The van der Waals surface area contributed by atoms with Gasteiger partial charge in [0.25, 0.3) is 0 Å². The topological polar surface area (TPSA) is 189 Å². The van der Waals surface area contributed by atoms with E-state index < -0.39 is 74.2 Å². The van der Waals surface area contributed by atoms with E-state index in [0.717, 1.165) is 44.9 Å². The Morgan fingerprint density at radius 1 is 0.523 bits per heavy atom. The van der Waals surface area contributed by atoms with Crippen LogP contribution in [0.25, 0.3) is 0 Å². The molecular weight excluding hydrogens is 823 g/mol. The molecule has 1 aliphatic heterocycles. The van der Waals surface area contributed by atoms with Crippen molar-refractivity contribution in [1.82, 2.24) is 5.32 Å². The third-order valence-corrected chi connectivity index (χ3v) is 12.9. The molecule has 1 rings (SSSR count). The van der Waals surface area contributed by atoms with Gasteiger partial charge in [0.1, 0.15) is 36.6 Å². The van der Waals surface area contributed by atoms with Crippen molar-refractivity contribution >= 4 is 5.91 Å². The van der Waals surface area contributed by atoms with E-state index in [2.05, 4.69) is 55.6 Å². The average molecular weight is 924 g/mol. The summed E-state index contributed by atoms with van der Waals surface area (Å²) in [5, 5.41) is 75.9. The second kappa shape index (κ2) is 43.6. The van der Waals surface area contributed by atoms with E-state index in [9.17, 15) is 40.5 Å². The molecule has 65 heavy (non-hydrogen) atoms. The number of unbranched alkanes of at least 4 members (excludes halogenated alkanes) is 27. The molecule has 382 valence electrons. The van der Waals surface area contributed by atoms with Gasteiger partial charge in [-0.25, -0.2) is 0 Å². The molecule has 0 aromatic heterocycles. The summed E-state index contributed by atoms with van der Waals surface area (Å²) in [5.74, 6) is -0.710. The highest BCUT2D eigenvalue weighted by molar-refractivity contribution is 5.80. The van der Waals surface area contributed by atoms with Gasteiger partial charge in [-0.05, 0) is 64.2 Å². The lowest BCUT2D eigenvalue weighted by atomic mass is 9.98. The van der Waals surface area contributed by atoms with Gasteiger partial charge in [-0.2, -0.15) is 0 Å². The van der Waals surface area contributed by atoms with Crippen molar-refractivity contribution in [3.8, 4) is 0 Å². The molecule has 0 aliphatic carbocycles. The summed E-state index contributed by atoms with van der Waals surface area (Å²) in [6, 6.07) is -1.19. The van der Waals surface area contributed by atoms with E-state index in [0.29, 0.717) is 19.3 Å². The Balaban J connectivity index is 2.41. The van der Waals surface area contributed by atoms with Crippen molar-refractivity contribution in [2.75, 3.05) is 13.2 Å². The molecule has 11 nitrogen and oxygen atoms in total. The highest BCUT2D eigenvalue weighted by atomic mass is 16.7. The first-order valence-electron chi connectivity index (χ1n) is 26.9. The van der Waals surface area contributed by atoms with E-state index in [4.69, 9.17) is 9.47 Å². The molecule has 0 aromatic carbocycles. The Morgan fingerprint density at radius 3 is 1.37 bits per heavy atom. The predicted octanol–water partition coefficient (Wildman–Crippen LogP) is 10.3. The maximum atomic E-state index is 13.1. The Hall–Kier alpha value is -1.67. The van der Waals surface area contributed by atoms with Gasteiger partial charge in [0.05, 0.1) is 25.4 Å². The number of hydrogen-bond acceptors (Lipinski definition) is 10. The highest BCUT2D eigenvalue weighted by Gasteiger charge is 2.44. The normalized spacial score (nSPS) is 21.2. The molecule has 0 saturated carbocycles. The largest absolute Gasteiger partial charge is 0.394 e. The molecule has 1 fully saturated rings. The Morgan fingerprint density at radius 2 is 0.923 bits per heavy atom. The third-order valence-electron chi connectivity index (χ3n) is 12.9. The zero-order valence-corrected chi connectivity index (χ0v) is 41.5. The van der Waals surface area contributed by atoms with Crippen LogP contribution in [0.5, 0.6) is 0 Å². The van der Waals surface area contributed by atoms with Crippen LogP contribution >= 0.6 is 0 Å². The summed E-state index contributed by atoms with van der Waals surface area (Å²) < 4.78 is 11.1. The summed E-state index contributed by atoms with van der Waals surface area (Å²) >= 11 is 0. The van der Waals surface area contributed by atoms with Crippen molar-refractivity contribution in [2.45, 2.75) is 287 Å². The average Bonchev–Trinajstić information content (AvgIpc) is 3.31. The van der Waals surface area contributed by atoms with Crippen LogP contribution in [0.15, 0.2) is 36.5 Å². The van der Waals surface area contributed by atoms with Crippen LogP contribution in [0.1, 0.15) is 232 Å². The fourth-order valence-corrected chi connectivity index (χ4v) is 8.47. The quantitative estimate of drug-likeness (QED) is 0.0216. The standard InChI is InChI=1S/C54H101NO10/c1-3-5-7-9-11-13-15-17-19-21-22-23-24-26-27-29-31-33-35-37-39-41-46(57)49(59)45(44-64-54-52(62)51(61)50(60)48(43-56)65-54)55-53(63)47(58)42-40-38-36-34-32-30-28-25-20-18-16-14-12-10-8-6-4-2/h21-22,26-27,33,35,45-52,54,56-62H,3-20,23-25,28-32,34,36-44H2,1-2H3,(H,55,63)/b22-21+,27-26+,35-33+. The maximum Gasteiger partial charge on any atom is 0.249 e. The predicted molar refractivity (Wildman–Crippen MR) is 265 cm³/mol. The number of allylic oxidation sites excluding steroid dienone is 6. The second-order valence-corrected chi connectivity index (χ2v) is 18.9. The minimum Gasteiger partial charge on any atom is -0.394 e. The Kier molecular flexibility index (Phi) is 41.1. The van der Waals surface area contributed by atoms with Crippen LogP contribution in [0.2, 0.25) is 0 Å². The molecular formula is C54H101NO10. The van der Waals surface area contributed by atoms with Crippen LogP contribution in [0, 0.1) is 0 Å². The van der Waals surface area contributed by atoms with E-state index in [1.54, 1.807) is 0 Å². The molecule has 0 bridgehead atoms. The van der Waals surface area contributed by atoms with E-state index >= 15 is 0 Å². The molecule has 1 amide bonds. The number of carbonyl (C=O) groups excluding carboxylic acids is 1. The molecule has 1 aliphatic rings. The summed E-state index contributed by atoms with van der Waals surface area (Å²) in [7, 11) is 0. The first-order chi connectivity index (χ1) is 31.7. The number of aliphatic hydroxyl groups is 7. The monoisotopic (exact) mass is 924 g/mol. The number of amides is 1. The molecule has 9 atom stereocenters. The number of nitrogens with one attached hydrogen (secondary N) is 1. The van der Waals surface area contributed by atoms with Gasteiger partial charge >= 0.3 is 0 Å². The molecule has 1 heterocycles. The Labute approximate surface area is 397 Å². The molecule has 0 radical (unpaired) electrons. The zero-order valence-electron chi connectivity index (χ0n) is 41.5. The SMILES string of the molecule is CCCCCCCCCC/C=C/CC/C=C/CC/C=C/CCCC(O)C(O)C(COC1OC(CO)C(O)C(O)C1O)NC(=O)C(O)CCCCCCCCCCCCCCCCCCC. The molecule has 0 spiro atoms. The van der Waals surface area contributed by atoms with Gasteiger partial charge in [0, 0.05) is 0 Å². The molecule has 11 heteroatoms. The summed E-state index contributed by atoms with van der Waals surface area (Å²) in [6.07, 6.45) is 40.5. The van der Waals surface area contributed by atoms with Crippen LogP contribution in [-0.2, 0) is 14.3 Å². The lowest BCUT2D eigenvalue weighted by molar-refractivity contribution is -0.303. The van der Waals surface area contributed by atoms with Gasteiger partial charge in [-0.1, -0.05) is 204 Å². The fraction of sp³-hybridized carbons (Fsp3) is 0.870. The van der Waals surface area contributed by atoms with Crippen molar-refractivity contribution < 1.29 is 50.0 Å². The minimum atomic E-state index is -1.67. The van der Waals surface area contributed by atoms with Gasteiger partial charge in [0.2, 0.25) is 5.91 Å². The van der Waals surface area contributed by atoms with Crippen molar-refractivity contribution in [1.29, 1.82) is 0 Å². The van der Waals surface area contributed by atoms with Gasteiger partial charge in [0.15, 0.2) is 6.29 Å². The first kappa shape index (κ1) is 61.3. The smallest absolute Gasteiger partial charge is 0.249 e. The number of ether oxygens (including phenoxy) is 2. The molecule has 1 saturated heterocycles. The van der Waals surface area contributed by atoms with Gasteiger partial charge < -0.3 is 50.5 Å². The van der Waals surface area contributed by atoms with Crippen LogP contribution in [0.4, 0.5) is 0 Å². The van der Waals surface area contributed by atoms with Crippen LogP contribution < -0.4 is 5.32 Å². The third kappa shape index (κ3) is 32.7. The van der Waals surface area contributed by atoms with Crippen molar-refractivity contribution in [3.63, 3.8) is 0 Å². The zero-order chi connectivity index (χ0) is 47.6. The first-order valence-corrected chi connectivity index (χ1v) is 26.9. The molecule has 0 aromatic rings. The maximum absolute atomic E-state index is 13.1.